The molecule has 0 unspecified atom stereocenters. The number of hydrogen-bond acceptors (Lipinski definition) is 8. The first-order valence-corrected chi connectivity index (χ1v) is 11.0. The summed E-state index contributed by atoms with van der Waals surface area (Å²) in [5.41, 5.74) is 0.712. The predicted octanol–water partition coefficient (Wildman–Crippen LogP) is 2.67. The first-order valence-electron chi connectivity index (χ1n) is 9.58. The summed E-state index contributed by atoms with van der Waals surface area (Å²) in [4.78, 5) is 30.5. The van der Waals surface area contributed by atoms with Gasteiger partial charge in [-0.2, -0.15) is 13.5 Å². The Balaban J connectivity index is 1.84. The largest absolute Gasteiger partial charge is 0.477 e. The Bertz CT molecular complexity index is 1110. The van der Waals surface area contributed by atoms with Crippen molar-refractivity contribution in [2.75, 3.05) is 13.6 Å². The monoisotopic (exact) mass is 461 g/mol. The maximum atomic E-state index is 12.1. The molecular formula is C20H23N5O6S. The first kappa shape index (κ1) is 24.8. The van der Waals surface area contributed by atoms with Gasteiger partial charge in [0.05, 0.1) is 17.0 Å². The lowest BCUT2D eigenvalue weighted by molar-refractivity contribution is -0.129. The molecule has 0 saturated heterocycles. The van der Waals surface area contributed by atoms with Crippen LogP contribution >= 0.6 is 0 Å². The standard InChI is InChI=1S/C20H23N5O6S/c1-21-16(20(27)28)7-4-5-11-22-19(26)15-9-10-18(23-12-15)25-24-13-14-6-2-3-8-17(14)32(29,30)31/h2-3,6,8-10,12H,4-5,7,11,13H2,1H3,(H,22,26)(H,27,28)(H,29,30,31). The molecule has 11 nitrogen and oxygen atoms in total. The molecule has 2 aromatic rings. The van der Waals surface area contributed by atoms with Crippen molar-refractivity contribution in [1.29, 1.82) is 0 Å². The Kier molecular flexibility index (Phi) is 9.10. The van der Waals surface area contributed by atoms with Gasteiger partial charge < -0.3 is 10.4 Å². The number of carbonyl (C=O) groups is 2. The minimum absolute atomic E-state index is 0.0772. The zero-order valence-electron chi connectivity index (χ0n) is 17.3. The third kappa shape index (κ3) is 7.63. The lowest BCUT2D eigenvalue weighted by Crippen LogP contribution is -2.24. The number of aliphatic imine (C=N–C) groups is 1. The van der Waals surface area contributed by atoms with Gasteiger partial charge in [-0.05, 0) is 43.0 Å². The fraction of sp³-hybridized carbons (Fsp3) is 0.300. The summed E-state index contributed by atoms with van der Waals surface area (Å²) in [5.74, 6) is -1.14. The smallest absolute Gasteiger partial charge is 0.349 e. The van der Waals surface area contributed by atoms with Crippen molar-refractivity contribution < 1.29 is 27.7 Å². The highest BCUT2D eigenvalue weighted by Gasteiger charge is 2.14. The summed E-state index contributed by atoms with van der Waals surface area (Å²) in [6.07, 6.45) is 2.85. The highest BCUT2D eigenvalue weighted by atomic mass is 32.2. The number of carboxylic acid groups (broad SMARTS) is 1. The van der Waals surface area contributed by atoms with Gasteiger partial charge >= 0.3 is 5.97 Å². The number of rotatable bonds is 11. The number of carbonyl (C=O) groups excluding carboxylic acids is 1. The number of benzene rings is 1. The lowest BCUT2D eigenvalue weighted by Gasteiger charge is -2.05. The van der Waals surface area contributed by atoms with Gasteiger partial charge in [-0.15, -0.1) is 5.11 Å². The van der Waals surface area contributed by atoms with Crippen LogP contribution in [-0.2, 0) is 21.5 Å². The summed E-state index contributed by atoms with van der Waals surface area (Å²) in [6.45, 7) is 0.302. The van der Waals surface area contributed by atoms with Gasteiger partial charge in [0.1, 0.15) is 5.71 Å². The van der Waals surface area contributed by atoms with Crippen molar-refractivity contribution >= 4 is 33.5 Å². The van der Waals surface area contributed by atoms with Gasteiger partial charge in [-0.3, -0.25) is 14.3 Å². The lowest BCUT2D eigenvalue weighted by atomic mass is 10.1. The second-order valence-electron chi connectivity index (χ2n) is 6.58. The zero-order valence-corrected chi connectivity index (χ0v) is 18.1. The van der Waals surface area contributed by atoms with Crippen molar-refractivity contribution in [1.82, 2.24) is 10.3 Å². The van der Waals surface area contributed by atoms with E-state index in [9.17, 15) is 22.6 Å². The summed E-state index contributed by atoms with van der Waals surface area (Å²) in [5, 5.41) is 19.4. The number of amides is 1. The molecule has 0 spiro atoms. The van der Waals surface area contributed by atoms with E-state index in [4.69, 9.17) is 5.11 Å². The molecule has 3 N–H and O–H groups in total. The van der Waals surface area contributed by atoms with E-state index in [-0.39, 0.29) is 34.4 Å². The highest BCUT2D eigenvalue weighted by molar-refractivity contribution is 7.85. The normalized spacial score (nSPS) is 12.1. The van der Waals surface area contributed by atoms with Gasteiger partial charge in [-0.25, -0.2) is 9.78 Å². The first-order chi connectivity index (χ1) is 15.2. The SMILES string of the molecule is CN=C(CCCCNC(=O)c1ccc(N=NCc2ccccc2S(=O)(=O)O)nc1)C(=O)O. The van der Waals surface area contributed by atoms with E-state index in [2.05, 4.69) is 25.5 Å². The van der Waals surface area contributed by atoms with E-state index >= 15 is 0 Å². The number of nitrogens with one attached hydrogen (secondary N) is 1. The molecule has 0 radical (unpaired) electrons. The minimum atomic E-state index is -4.36. The molecule has 1 heterocycles. The van der Waals surface area contributed by atoms with Crippen LogP contribution in [0.15, 0.2) is 62.7 Å². The minimum Gasteiger partial charge on any atom is -0.477 e. The summed E-state index contributed by atoms with van der Waals surface area (Å²) >= 11 is 0. The average Bonchev–Trinajstić information content (AvgIpc) is 2.76. The Labute approximate surface area is 185 Å². The Morgan fingerprint density at radius 2 is 1.88 bits per heavy atom. The van der Waals surface area contributed by atoms with E-state index in [1.54, 1.807) is 6.07 Å². The second kappa shape index (κ2) is 11.8. The third-order valence-electron chi connectivity index (χ3n) is 4.32. The average molecular weight is 462 g/mol. The third-order valence-corrected chi connectivity index (χ3v) is 5.27. The molecule has 0 bridgehead atoms. The maximum Gasteiger partial charge on any atom is 0.349 e. The van der Waals surface area contributed by atoms with Crippen LogP contribution in [0.1, 0.15) is 35.2 Å². The molecule has 0 aliphatic rings. The van der Waals surface area contributed by atoms with E-state index in [0.29, 0.717) is 31.4 Å². The highest BCUT2D eigenvalue weighted by Crippen LogP contribution is 2.17. The van der Waals surface area contributed by atoms with Crippen molar-refractivity contribution in [3.8, 4) is 0 Å². The number of carboxylic acids is 1. The van der Waals surface area contributed by atoms with Crippen molar-refractivity contribution in [2.45, 2.75) is 30.7 Å². The number of aliphatic carboxylic acids is 1. The van der Waals surface area contributed by atoms with Crippen LogP contribution in [0.4, 0.5) is 5.82 Å². The van der Waals surface area contributed by atoms with Crippen LogP contribution < -0.4 is 5.32 Å². The maximum absolute atomic E-state index is 12.1. The second-order valence-corrected chi connectivity index (χ2v) is 7.97. The van der Waals surface area contributed by atoms with Gasteiger partial charge in [0.2, 0.25) is 0 Å². The molecule has 1 amide bonds. The molecule has 1 aromatic carbocycles. The molecule has 32 heavy (non-hydrogen) atoms. The Morgan fingerprint density at radius 1 is 1.12 bits per heavy atom. The van der Waals surface area contributed by atoms with Crippen molar-refractivity contribution in [2.24, 2.45) is 15.2 Å². The molecule has 0 aliphatic heterocycles. The number of unbranched alkanes of at least 4 members (excludes halogenated alkanes) is 1. The van der Waals surface area contributed by atoms with E-state index in [1.165, 1.54) is 43.6 Å². The number of azo groups is 1. The van der Waals surface area contributed by atoms with Crippen LogP contribution in [0.3, 0.4) is 0 Å². The fourth-order valence-corrected chi connectivity index (χ4v) is 3.40. The number of nitrogens with zero attached hydrogens (tertiary/aromatic N) is 4. The molecule has 12 heteroatoms. The van der Waals surface area contributed by atoms with Crippen LogP contribution in [0.25, 0.3) is 0 Å². The Hall–Kier alpha value is -3.51. The molecule has 0 saturated carbocycles. The van der Waals surface area contributed by atoms with Gasteiger partial charge in [0.25, 0.3) is 16.0 Å². The molecule has 170 valence electrons. The summed E-state index contributed by atoms with van der Waals surface area (Å²) in [6, 6.07) is 8.91. The fourth-order valence-electron chi connectivity index (χ4n) is 2.69. The van der Waals surface area contributed by atoms with Crippen LogP contribution in [0, 0.1) is 0 Å². The van der Waals surface area contributed by atoms with Crippen LogP contribution in [-0.4, -0.2) is 54.2 Å². The molecule has 0 aliphatic carbocycles. The molecule has 1 aromatic heterocycles. The number of pyridine rings is 1. The van der Waals surface area contributed by atoms with Crippen molar-refractivity contribution in [3.05, 3.63) is 53.7 Å². The molecule has 0 fully saturated rings. The van der Waals surface area contributed by atoms with Crippen LogP contribution in [0.2, 0.25) is 0 Å². The van der Waals surface area contributed by atoms with Crippen LogP contribution in [0.5, 0.6) is 0 Å². The molecule has 0 atom stereocenters. The predicted molar refractivity (Wildman–Crippen MR) is 116 cm³/mol. The summed E-state index contributed by atoms with van der Waals surface area (Å²) in [7, 11) is -2.93. The topological polar surface area (TPSA) is 171 Å². The summed E-state index contributed by atoms with van der Waals surface area (Å²) < 4.78 is 32.0. The number of hydrogen-bond donors (Lipinski definition) is 3. The zero-order chi connectivity index (χ0) is 23.6. The molecule has 2 rings (SSSR count). The van der Waals surface area contributed by atoms with Gasteiger partial charge in [0.15, 0.2) is 5.82 Å². The van der Waals surface area contributed by atoms with E-state index in [1.807, 2.05) is 0 Å². The quantitative estimate of drug-likeness (QED) is 0.200. The van der Waals surface area contributed by atoms with Gasteiger partial charge in [-0.1, -0.05) is 18.2 Å². The van der Waals surface area contributed by atoms with Gasteiger partial charge in [0, 0.05) is 19.8 Å². The van der Waals surface area contributed by atoms with Crippen molar-refractivity contribution in [3.63, 3.8) is 0 Å². The molecular weight excluding hydrogens is 438 g/mol. The number of aromatic nitrogens is 1. The Morgan fingerprint density at radius 3 is 2.50 bits per heavy atom. The van der Waals surface area contributed by atoms with E-state index < -0.39 is 16.1 Å². The van der Waals surface area contributed by atoms with E-state index in [0.717, 1.165) is 0 Å².